The molecule has 1 aromatic carbocycles. The van der Waals surface area contributed by atoms with E-state index < -0.39 is 0 Å². The number of benzene rings is 1. The number of ether oxygens (including phenoxy) is 1. The smallest absolute Gasteiger partial charge is 0.407 e. The molecule has 10 heteroatoms. The lowest BCUT2D eigenvalue weighted by molar-refractivity contribution is 0.0830. The van der Waals surface area contributed by atoms with Crippen LogP contribution in [0.3, 0.4) is 0 Å². The molecule has 1 aliphatic heterocycles. The third kappa shape index (κ3) is 7.42. The van der Waals surface area contributed by atoms with Crippen molar-refractivity contribution < 1.29 is 9.53 Å². The number of rotatable bonds is 11. The van der Waals surface area contributed by atoms with E-state index in [9.17, 15) is 4.79 Å². The Hall–Kier alpha value is -3.17. The van der Waals surface area contributed by atoms with Gasteiger partial charge in [-0.3, -0.25) is 0 Å². The number of hydrogen-bond donors (Lipinski definition) is 2. The minimum Gasteiger partial charge on any atom is -0.446 e. The summed E-state index contributed by atoms with van der Waals surface area (Å²) in [7, 11) is 0. The number of anilines is 2. The number of nitrogens with one attached hydrogen (secondary N) is 2. The van der Waals surface area contributed by atoms with Crippen LogP contribution in [-0.4, -0.2) is 71.3 Å². The van der Waals surface area contributed by atoms with E-state index in [-0.39, 0.29) is 12.2 Å². The number of piperidine rings is 1. The van der Waals surface area contributed by atoms with Crippen LogP contribution in [0.15, 0.2) is 42.7 Å². The molecule has 0 bridgehead atoms. The van der Waals surface area contributed by atoms with Crippen molar-refractivity contribution in [1.82, 2.24) is 25.2 Å². The van der Waals surface area contributed by atoms with Gasteiger partial charge in [0, 0.05) is 56.4 Å². The number of carbonyl (C=O) groups is 1. The molecule has 0 spiro atoms. The van der Waals surface area contributed by atoms with Gasteiger partial charge >= 0.3 is 6.09 Å². The first-order valence-electron chi connectivity index (χ1n) is 13.1. The van der Waals surface area contributed by atoms with Crippen molar-refractivity contribution in [3.8, 4) is 0 Å². The molecule has 0 aliphatic carbocycles. The summed E-state index contributed by atoms with van der Waals surface area (Å²) in [5.74, 6) is 1.40. The number of halogens is 1. The Balaban J connectivity index is 1.27. The zero-order chi connectivity index (χ0) is 26.0. The van der Waals surface area contributed by atoms with Crippen LogP contribution >= 0.6 is 11.6 Å². The Kier molecular flexibility index (Phi) is 9.73. The molecule has 198 valence electrons. The Morgan fingerprint density at radius 3 is 2.70 bits per heavy atom. The monoisotopic (exact) mass is 525 g/mol. The summed E-state index contributed by atoms with van der Waals surface area (Å²) in [6, 6.07) is 9.60. The number of nitrogens with zero attached hydrogens (tertiary/aromatic N) is 5. The average Bonchev–Trinajstić information content (AvgIpc) is 2.92. The van der Waals surface area contributed by atoms with Gasteiger partial charge in [-0.15, -0.1) is 0 Å². The number of carbonyl (C=O) groups excluding carboxylic acids is 1. The van der Waals surface area contributed by atoms with E-state index in [0.29, 0.717) is 24.1 Å². The molecule has 2 aromatic heterocycles. The van der Waals surface area contributed by atoms with Crippen molar-refractivity contribution in [1.29, 1.82) is 0 Å². The largest absolute Gasteiger partial charge is 0.446 e. The zero-order valence-corrected chi connectivity index (χ0v) is 22.4. The van der Waals surface area contributed by atoms with Crippen LogP contribution in [-0.2, 0) is 11.3 Å². The maximum atomic E-state index is 12.2. The van der Waals surface area contributed by atoms with Gasteiger partial charge < -0.3 is 25.2 Å². The molecule has 3 aromatic rings. The summed E-state index contributed by atoms with van der Waals surface area (Å²) in [4.78, 5) is 30.6. The molecule has 1 fully saturated rings. The molecule has 0 radical (unpaired) electrons. The van der Waals surface area contributed by atoms with Gasteiger partial charge in [0.15, 0.2) is 0 Å². The van der Waals surface area contributed by atoms with Gasteiger partial charge in [-0.05, 0) is 43.8 Å². The van der Waals surface area contributed by atoms with Gasteiger partial charge in [0.05, 0.1) is 10.9 Å². The van der Waals surface area contributed by atoms with Crippen molar-refractivity contribution in [2.75, 3.05) is 49.5 Å². The summed E-state index contributed by atoms with van der Waals surface area (Å²) < 4.78 is 5.66. The first-order chi connectivity index (χ1) is 18.1. The second-order valence-corrected chi connectivity index (χ2v) is 9.51. The van der Waals surface area contributed by atoms with E-state index in [1.54, 1.807) is 6.20 Å². The molecule has 1 amide bonds. The standard InChI is InChI=1S/C27H36ClN7O2/c1-3-34(4-2)15-7-13-30-27(36)37-21-11-16-35(17-12-21)25-22-19-32-26(33-24(22)10-14-29-25)31-18-20-8-5-6-9-23(20)28/h5-6,8-10,14,19,21H,3-4,7,11-13,15-18H2,1-2H3,(H,30,36)(H,31,32,33). The van der Waals surface area contributed by atoms with Gasteiger partial charge in [-0.25, -0.2) is 19.7 Å². The quantitative estimate of drug-likeness (QED) is 0.347. The Labute approximate surface area is 223 Å². The lowest BCUT2D eigenvalue weighted by Crippen LogP contribution is -2.40. The number of hydrogen-bond acceptors (Lipinski definition) is 8. The number of pyridine rings is 1. The van der Waals surface area contributed by atoms with Gasteiger partial charge in [0.2, 0.25) is 5.95 Å². The molecular weight excluding hydrogens is 490 g/mol. The highest BCUT2D eigenvalue weighted by Gasteiger charge is 2.24. The summed E-state index contributed by atoms with van der Waals surface area (Å²) in [6.07, 6.45) is 5.59. The summed E-state index contributed by atoms with van der Waals surface area (Å²) in [5, 5.41) is 7.74. The van der Waals surface area contributed by atoms with E-state index in [1.165, 1.54) is 0 Å². The maximum Gasteiger partial charge on any atom is 0.407 e. The van der Waals surface area contributed by atoms with Crippen LogP contribution in [0, 0.1) is 0 Å². The van der Waals surface area contributed by atoms with Crippen molar-refractivity contribution in [2.24, 2.45) is 0 Å². The number of aromatic nitrogens is 3. The zero-order valence-electron chi connectivity index (χ0n) is 21.6. The second kappa shape index (κ2) is 13.4. The van der Waals surface area contributed by atoms with Crippen molar-refractivity contribution >= 4 is 40.4 Å². The van der Waals surface area contributed by atoms with Crippen LogP contribution in [0.4, 0.5) is 16.6 Å². The van der Waals surface area contributed by atoms with E-state index in [2.05, 4.69) is 49.2 Å². The fourth-order valence-corrected chi connectivity index (χ4v) is 4.71. The van der Waals surface area contributed by atoms with Gasteiger partial charge in [0.1, 0.15) is 11.9 Å². The van der Waals surface area contributed by atoms with Crippen LogP contribution < -0.4 is 15.5 Å². The minimum atomic E-state index is -0.327. The number of fused-ring (bicyclic) bond motifs is 1. The maximum absolute atomic E-state index is 12.2. The third-order valence-corrected chi connectivity index (χ3v) is 7.08. The second-order valence-electron chi connectivity index (χ2n) is 9.10. The molecule has 1 aliphatic rings. The van der Waals surface area contributed by atoms with Crippen molar-refractivity contribution in [3.05, 3.63) is 53.3 Å². The highest BCUT2D eigenvalue weighted by molar-refractivity contribution is 6.31. The average molecular weight is 526 g/mol. The predicted octanol–water partition coefficient (Wildman–Crippen LogP) is 4.72. The van der Waals surface area contributed by atoms with Crippen LogP contribution in [0.1, 0.15) is 38.7 Å². The molecule has 37 heavy (non-hydrogen) atoms. The van der Waals surface area contributed by atoms with Gasteiger partial charge in [0.25, 0.3) is 0 Å². The van der Waals surface area contributed by atoms with E-state index >= 15 is 0 Å². The molecule has 9 nitrogen and oxygen atoms in total. The van der Waals surface area contributed by atoms with Crippen molar-refractivity contribution in [2.45, 2.75) is 45.8 Å². The van der Waals surface area contributed by atoms with E-state index in [0.717, 1.165) is 74.3 Å². The summed E-state index contributed by atoms with van der Waals surface area (Å²) >= 11 is 6.25. The van der Waals surface area contributed by atoms with Crippen LogP contribution in [0.2, 0.25) is 5.02 Å². The predicted molar refractivity (Wildman–Crippen MR) is 148 cm³/mol. The molecule has 0 saturated carbocycles. The molecule has 0 atom stereocenters. The van der Waals surface area contributed by atoms with E-state index in [1.807, 2.05) is 36.5 Å². The molecule has 4 rings (SSSR count). The van der Waals surface area contributed by atoms with Gasteiger partial charge in [-0.2, -0.15) is 0 Å². The first-order valence-corrected chi connectivity index (χ1v) is 13.5. The van der Waals surface area contributed by atoms with Gasteiger partial charge in [-0.1, -0.05) is 43.6 Å². The molecule has 3 heterocycles. The van der Waals surface area contributed by atoms with Crippen LogP contribution in [0.5, 0.6) is 0 Å². The van der Waals surface area contributed by atoms with Crippen LogP contribution in [0.25, 0.3) is 10.9 Å². The number of alkyl carbamates (subject to hydrolysis) is 1. The Morgan fingerprint density at radius 2 is 1.95 bits per heavy atom. The summed E-state index contributed by atoms with van der Waals surface area (Å²) in [6.45, 7) is 10.00. The fraction of sp³-hybridized carbons (Fsp3) is 0.481. The third-order valence-electron chi connectivity index (χ3n) is 6.71. The lowest BCUT2D eigenvalue weighted by atomic mass is 10.1. The highest BCUT2D eigenvalue weighted by atomic mass is 35.5. The molecular formula is C27H36ClN7O2. The van der Waals surface area contributed by atoms with Crippen molar-refractivity contribution in [3.63, 3.8) is 0 Å². The number of amides is 1. The fourth-order valence-electron chi connectivity index (χ4n) is 4.51. The van der Waals surface area contributed by atoms with E-state index in [4.69, 9.17) is 16.3 Å². The lowest BCUT2D eigenvalue weighted by Gasteiger charge is -2.32. The Bertz CT molecular complexity index is 1170. The topological polar surface area (TPSA) is 95.5 Å². The molecule has 0 unspecified atom stereocenters. The molecule has 2 N–H and O–H groups in total. The normalized spacial score (nSPS) is 14.2. The Morgan fingerprint density at radius 1 is 1.16 bits per heavy atom. The molecule has 1 saturated heterocycles. The first kappa shape index (κ1) is 26.9. The minimum absolute atomic E-state index is 0.0918. The SMILES string of the molecule is CCN(CC)CCCNC(=O)OC1CCN(c2nccc3nc(NCc4ccccc4Cl)ncc23)CC1. The highest BCUT2D eigenvalue weighted by Crippen LogP contribution is 2.27. The summed E-state index contributed by atoms with van der Waals surface area (Å²) in [5.41, 5.74) is 1.81.